The zero-order valence-corrected chi connectivity index (χ0v) is 15.2. The van der Waals surface area contributed by atoms with Crippen LogP contribution >= 0.6 is 0 Å². The van der Waals surface area contributed by atoms with E-state index in [2.05, 4.69) is 0 Å². The number of nitriles is 1. The second kappa shape index (κ2) is 6.36. The lowest BCUT2D eigenvalue weighted by molar-refractivity contribution is -0.0406. The van der Waals surface area contributed by atoms with Gasteiger partial charge >= 0.3 is 5.25 Å². The quantitative estimate of drug-likeness (QED) is 0.427. The number of nitrogens with zero attached hydrogens (tertiary/aromatic N) is 1. The minimum Gasteiger partial charge on any atom is -0.457 e. The van der Waals surface area contributed by atoms with Crippen LogP contribution in [-0.2, 0) is 9.25 Å². The monoisotopic (exact) mass is 438 g/mol. The fourth-order valence-corrected chi connectivity index (χ4v) is 5.71. The van der Waals surface area contributed by atoms with E-state index in [1.54, 1.807) is 0 Å². The van der Waals surface area contributed by atoms with Gasteiger partial charge < -0.3 is 9.84 Å². The minimum atomic E-state index is -5.65. The van der Waals surface area contributed by atoms with E-state index in [9.17, 15) is 35.7 Å². The first kappa shape index (κ1) is 20.9. The van der Waals surface area contributed by atoms with Crippen LogP contribution in [0.3, 0.4) is 0 Å². The molecule has 0 saturated carbocycles. The molecule has 5 nitrogen and oxygen atoms in total. The van der Waals surface area contributed by atoms with Crippen LogP contribution in [0.25, 0.3) is 0 Å². The Labute approximate surface area is 160 Å². The molecule has 0 amide bonds. The van der Waals surface area contributed by atoms with Crippen molar-refractivity contribution in [3.63, 3.8) is 0 Å². The van der Waals surface area contributed by atoms with Gasteiger partial charge in [0.15, 0.2) is 12.3 Å². The Morgan fingerprint density at radius 1 is 1.24 bits per heavy atom. The molecule has 2 N–H and O–H groups in total. The molecule has 0 bridgehead atoms. The second-order valence-corrected chi connectivity index (χ2v) is 10.3. The fourth-order valence-electron chi connectivity index (χ4n) is 3.15. The number of nitrogens with one attached hydrogen (secondary N) is 1. The first-order valence-corrected chi connectivity index (χ1v) is 10.2. The van der Waals surface area contributed by atoms with Gasteiger partial charge in [-0.25, -0.2) is 17.6 Å². The topological polar surface area (TPSA) is 82.4 Å². The zero-order valence-electron chi connectivity index (χ0n) is 14.4. The first-order valence-electron chi connectivity index (χ1n) is 7.78. The summed E-state index contributed by atoms with van der Waals surface area (Å²) in [6.45, 7) is 0. The summed E-state index contributed by atoms with van der Waals surface area (Å²) < 4.78 is 103. The van der Waals surface area contributed by atoms with Crippen LogP contribution in [0.15, 0.2) is 35.2 Å². The van der Waals surface area contributed by atoms with E-state index in [1.807, 2.05) is 0 Å². The lowest BCUT2D eigenvalue weighted by Crippen LogP contribution is -2.56. The molecule has 3 rings (SSSR count). The van der Waals surface area contributed by atoms with Crippen molar-refractivity contribution in [3.05, 3.63) is 53.1 Å². The highest BCUT2D eigenvalue weighted by Gasteiger charge is 2.69. The van der Waals surface area contributed by atoms with Crippen molar-refractivity contribution in [2.24, 2.45) is 0 Å². The van der Waals surface area contributed by atoms with Crippen LogP contribution in [0.4, 0.5) is 26.3 Å². The molecule has 2 aromatic carbocycles. The highest BCUT2D eigenvalue weighted by atomic mass is 32.3. The molecule has 1 aliphatic rings. The Morgan fingerprint density at radius 3 is 2.34 bits per heavy atom. The molecule has 1 atom stereocenters. The first-order chi connectivity index (χ1) is 13.3. The van der Waals surface area contributed by atoms with Crippen molar-refractivity contribution in [1.29, 1.82) is 5.26 Å². The molecule has 0 radical (unpaired) electrons. The number of hydrogen-bond acceptors (Lipinski definition) is 4. The molecule has 1 heterocycles. The number of benzene rings is 2. The Bertz CT molecular complexity index is 1100. The molecule has 0 spiro atoms. The Morgan fingerprint density at radius 2 is 1.83 bits per heavy atom. The fraction of sp³-hybridized carbons (Fsp3) is 0.235. The molecule has 29 heavy (non-hydrogen) atoms. The highest BCUT2D eigenvalue weighted by molar-refractivity contribution is 8.19. The van der Waals surface area contributed by atoms with Crippen molar-refractivity contribution in [2.75, 3.05) is 6.26 Å². The molecule has 0 fully saturated rings. The van der Waals surface area contributed by atoms with Gasteiger partial charge in [-0.05, 0) is 12.1 Å². The lowest BCUT2D eigenvalue weighted by atomic mass is 10.0. The summed E-state index contributed by atoms with van der Waals surface area (Å²) in [6.07, 6.45) is -4.88. The van der Waals surface area contributed by atoms with Crippen LogP contribution in [0.1, 0.15) is 23.7 Å². The SMILES string of the molecule is CS1(=O)(NC#N)c2ccc(Oc3cc(F)cc(F)c3)c(C(F)F)c2C(O)C1(F)F. The van der Waals surface area contributed by atoms with Gasteiger partial charge in [0.1, 0.15) is 23.1 Å². The minimum absolute atomic E-state index is 0.465. The van der Waals surface area contributed by atoms with E-state index in [4.69, 9.17) is 10.00 Å². The summed E-state index contributed by atoms with van der Waals surface area (Å²) in [5, 5.41) is 14.3. The van der Waals surface area contributed by atoms with Crippen molar-refractivity contribution >= 4 is 9.25 Å². The molecular formula is C17H12F6N2O3S. The molecule has 0 aromatic heterocycles. The van der Waals surface area contributed by atoms with E-state index in [0.29, 0.717) is 24.5 Å². The molecule has 1 unspecified atom stereocenters. The Balaban J connectivity index is 2.27. The third kappa shape index (κ3) is 2.84. The molecule has 1 aliphatic heterocycles. The van der Waals surface area contributed by atoms with E-state index in [1.165, 1.54) is 4.72 Å². The summed E-state index contributed by atoms with van der Waals surface area (Å²) in [5.41, 5.74) is -2.32. The summed E-state index contributed by atoms with van der Waals surface area (Å²) in [7, 11) is -5.65. The predicted molar refractivity (Wildman–Crippen MR) is 88.8 cm³/mol. The second-order valence-electron chi connectivity index (χ2n) is 6.41. The molecule has 2 aromatic rings. The number of fused-ring (bicyclic) bond motifs is 1. The number of alkyl halides is 4. The third-order valence-corrected chi connectivity index (χ3v) is 8.09. The van der Waals surface area contributed by atoms with Gasteiger partial charge in [0.05, 0.1) is 14.8 Å². The largest absolute Gasteiger partial charge is 0.457 e. The molecule has 156 valence electrons. The van der Waals surface area contributed by atoms with Gasteiger partial charge in [0.25, 0.3) is 6.43 Å². The predicted octanol–water partition coefficient (Wildman–Crippen LogP) is 4.13. The van der Waals surface area contributed by atoms with Gasteiger partial charge in [-0.2, -0.15) is 14.0 Å². The Kier molecular flexibility index (Phi) is 4.59. The number of halogens is 6. The van der Waals surface area contributed by atoms with Crippen molar-refractivity contribution in [1.82, 2.24) is 4.72 Å². The maximum Gasteiger partial charge on any atom is 0.350 e. The maximum absolute atomic E-state index is 14.7. The van der Waals surface area contributed by atoms with Crippen molar-refractivity contribution < 1.29 is 40.4 Å². The number of hydrogen-bond donors (Lipinski definition) is 2. The highest BCUT2D eigenvalue weighted by Crippen LogP contribution is 2.61. The number of rotatable bonds is 4. The molecular weight excluding hydrogens is 426 g/mol. The average molecular weight is 438 g/mol. The van der Waals surface area contributed by atoms with Gasteiger partial charge in [0.2, 0.25) is 0 Å². The van der Waals surface area contributed by atoms with Gasteiger partial charge in [0, 0.05) is 34.9 Å². The molecule has 0 saturated heterocycles. The van der Waals surface area contributed by atoms with Crippen LogP contribution in [-0.4, -0.2) is 20.8 Å². The number of ether oxygens (including phenoxy) is 1. The number of aliphatic hydroxyl groups excluding tert-OH is 1. The van der Waals surface area contributed by atoms with E-state index >= 15 is 0 Å². The number of aliphatic hydroxyl groups is 1. The van der Waals surface area contributed by atoms with Crippen molar-refractivity contribution in [3.8, 4) is 17.7 Å². The smallest absolute Gasteiger partial charge is 0.350 e. The van der Waals surface area contributed by atoms with Crippen LogP contribution in [0.2, 0.25) is 0 Å². The van der Waals surface area contributed by atoms with E-state index < -0.39 is 66.2 Å². The standard InChI is InChI=1S/C17H12F6N2O3S/c1-29(27,25-7-24)12-3-2-11(28-10-5-8(18)4-9(19)6-10)13(16(20)21)14(12)15(26)17(29,22)23/h2-6,15-16,26H,1H3,(H,25,27). The average Bonchev–Trinajstić information content (AvgIpc) is 2.70. The zero-order chi connectivity index (χ0) is 21.8. The normalized spacial score (nSPS) is 22.2. The van der Waals surface area contributed by atoms with Crippen LogP contribution < -0.4 is 9.46 Å². The van der Waals surface area contributed by atoms with Gasteiger partial charge in [-0.15, -0.1) is 0 Å². The lowest BCUT2D eigenvalue weighted by Gasteiger charge is -2.39. The summed E-state index contributed by atoms with van der Waals surface area (Å²) in [5.74, 6) is -3.50. The summed E-state index contributed by atoms with van der Waals surface area (Å²) in [6, 6.07) is 3.31. The van der Waals surface area contributed by atoms with Crippen molar-refractivity contribution in [2.45, 2.75) is 22.7 Å². The van der Waals surface area contributed by atoms with Crippen LogP contribution in [0.5, 0.6) is 11.5 Å². The molecule has 0 aliphatic carbocycles. The van der Waals surface area contributed by atoms with Crippen LogP contribution in [0, 0.1) is 23.1 Å². The van der Waals surface area contributed by atoms with Gasteiger partial charge in [-0.1, -0.05) is 0 Å². The third-order valence-electron chi connectivity index (χ3n) is 4.56. The summed E-state index contributed by atoms with van der Waals surface area (Å²) in [4.78, 5) is -0.880. The summed E-state index contributed by atoms with van der Waals surface area (Å²) >= 11 is 0. The van der Waals surface area contributed by atoms with Gasteiger partial charge in [-0.3, -0.25) is 8.93 Å². The molecule has 12 heteroatoms. The maximum atomic E-state index is 14.7. The Hall–Kier alpha value is -2.78. The van der Waals surface area contributed by atoms with E-state index in [0.717, 1.165) is 18.3 Å². The van der Waals surface area contributed by atoms with E-state index in [-0.39, 0.29) is 0 Å².